The van der Waals surface area contributed by atoms with Gasteiger partial charge in [-0.15, -0.1) is 0 Å². The Labute approximate surface area is 113 Å². The van der Waals surface area contributed by atoms with Gasteiger partial charge in [0.25, 0.3) is 0 Å². The molecule has 0 aromatic heterocycles. The van der Waals surface area contributed by atoms with Crippen molar-refractivity contribution >= 4 is 15.7 Å². The van der Waals surface area contributed by atoms with Crippen molar-refractivity contribution in [2.75, 3.05) is 32.1 Å². The third-order valence-corrected chi connectivity index (χ3v) is 5.79. The second-order valence-electron chi connectivity index (χ2n) is 5.03. The number of fused-ring (bicyclic) bond motifs is 1. The summed E-state index contributed by atoms with van der Waals surface area (Å²) in [7, 11) is -1.78. The summed E-state index contributed by atoms with van der Waals surface area (Å²) in [6.07, 6.45) is 1.65. The Morgan fingerprint density at radius 3 is 3.00 bits per heavy atom. The van der Waals surface area contributed by atoms with Gasteiger partial charge in [0.15, 0.2) is 0 Å². The molecule has 6 heteroatoms. The molecular weight excluding hydrogens is 264 g/mol. The van der Waals surface area contributed by atoms with Crippen molar-refractivity contribution in [2.24, 2.45) is 0 Å². The van der Waals surface area contributed by atoms with Crippen LogP contribution in [0.25, 0.3) is 0 Å². The maximum atomic E-state index is 12.6. The molecule has 1 saturated heterocycles. The monoisotopic (exact) mass is 282 g/mol. The van der Waals surface area contributed by atoms with Crippen molar-refractivity contribution in [1.82, 2.24) is 4.31 Å². The molecule has 0 spiro atoms. The molecular formula is C13H18N2O3S. The first kappa shape index (κ1) is 12.9. The Hall–Kier alpha value is -1.11. The molecule has 104 valence electrons. The second kappa shape index (κ2) is 4.77. The standard InChI is InChI=1S/C13H18N2O3S/c1-15(11-5-7-18-9-11)19(16,17)12-2-3-13-10(8-12)4-6-14-13/h2-3,8,11,14H,4-7,9H2,1H3. The molecule has 1 atom stereocenters. The SMILES string of the molecule is CN(C1CCOC1)S(=O)(=O)c1ccc2c(c1)CCN2. The smallest absolute Gasteiger partial charge is 0.243 e. The Bertz CT molecular complexity index is 580. The average Bonchev–Trinajstić information content (AvgIpc) is 3.07. The minimum absolute atomic E-state index is 0.0450. The van der Waals surface area contributed by atoms with Crippen molar-refractivity contribution < 1.29 is 13.2 Å². The zero-order valence-electron chi connectivity index (χ0n) is 10.9. The van der Waals surface area contributed by atoms with Crippen LogP contribution in [-0.4, -0.2) is 45.6 Å². The molecule has 19 heavy (non-hydrogen) atoms. The number of likely N-dealkylation sites (N-methyl/N-ethyl adjacent to an activating group) is 1. The van der Waals surface area contributed by atoms with Crippen molar-refractivity contribution in [1.29, 1.82) is 0 Å². The van der Waals surface area contributed by atoms with Gasteiger partial charge in [-0.25, -0.2) is 8.42 Å². The molecule has 1 aromatic rings. The van der Waals surface area contributed by atoms with Crippen molar-refractivity contribution in [3.63, 3.8) is 0 Å². The van der Waals surface area contributed by atoms with Crippen LogP contribution in [0.5, 0.6) is 0 Å². The molecule has 0 amide bonds. The summed E-state index contributed by atoms with van der Waals surface area (Å²) < 4.78 is 31.9. The molecule has 0 radical (unpaired) electrons. The van der Waals surface area contributed by atoms with Gasteiger partial charge in [-0.3, -0.25) is 0 Å². The van der Waals surface area contributed by atoms with E-state index in [0.717, 1.165) is 30.6 Å². The van der Waals surface area contributed by atoms with E-state index in [0.29, 0.717) is 18.1 Å². The maximum absolute atomic E-state index is 12.6. The number of benzene rings is 1. The Morgan fingerprint density at radius 2 is 2.26 bits per heavy atom. The van der Waals surface area contributed by atoms with Gasteiger partial charge in [0.1, 0.15) is 0 Å². The predicted molar refractivity (Wildman–Crippen MR) is 72.8 cm³/mol. The first-order chi connectivity index (χ1) is 9.09. The van der Waals surface area contributed by atoms with Crippen LogP contribution in [0, 0.1) is 0 Å². The van der Waals surface area contributed by atoms with Crippen LogP contribution >= 0.6 is 0 Å². The zero-order valence-corrected chi connectivity index (χ0v) is 11.7. The van der Waals surface area contributed by atoms with E-state index in [1.54, 1.807) is 19.2 Å². The number of ether oxygens (including phenoxy) is 1. The van der Waals surface area contributed by atoms with Gasteiger partial charge < -0.3 is 10.1 Å². The molecule has 2 heterocycles. The quantitative estimate of drug-likeness (QED) is 0.901. The predicted octanol–water partition coefficient (Wildman–Crippen LogP) is 1.06. The first-order valence-corrected chi connectivity index (χ1v) is 7.95. The summed E-state index contributed by atoms with van der Waals surface area (Å²) in [6, 6.07) is 5.28. The van der Waals surface area contributed by atoms with Crippen LogP contribution in [0.4, 0.5) is 5.69 Å². The van der Waals surface area contributed by atoms with Gasteiger partial charge >= 0.3 is 0 Å². The van der Waals surface area contributed by atoms with Crippen LogP contribution in [0.15, 0.2) is 23.1 Å². The molecule has 0 bridgehead atoms. The highest BCUT2D eigenvalue weighted by atomic mass is 32.2. The summed E-state index contributed by atoms with van der Waals surface area (Å²) in [5, 5.41) is 3.23. The number of rotatable bonds is 3. The number of nitrogens with one attached hydrogen (secondary N) is 1. The summed E-state index contributed by atoms with van der Waals surface area (Å²) >= 11 is 0. The van der Waals surface area contributed by atoms with Crippen molar-refractivity contribution in [3.8, 4) is 0 Å². The lowest BCUT2D eigenvalue weighted by Gasteiger charge is -2.22. The van der Waals surface area contributed by atoms with Gasteiger partial charge in [0.05, 0.1) is 17.5 Å². The fourth-order valence-electron chi connectivity index (χ4n) is 2.61. The van der Waals surface area contributed by atoms with E-state index in [1.807, 2.05) is 6.07 Å². The normalized spacial score (nSPS) is 22.5. The van der Waals surface area contributed by atoms with E-state index in [2.05, 4.69) is 5.32 Å². The summed E-state index contributed by atoms with van der Waals surface area (Å²) in [5.41, 5.74) is 2.13. The number of hydrogen-bond donors (Lipinski definition) is 1. The highest BCUT2D eigenvalue weighted by Gasteiger charge is 2.31. The van der Waals surface area contributed by atoms with Gasteiger partial charge in [-0.2, -0.15) is 4.31 Å². The van der Waals surface area contributed by atoms with Crippen LogP contribution in [0.2, 0.25) is 0 Å². The highest BCUT2D eigenvalue weighted by molar-refractivity contribution is 7.89. The lowest BCUT2D eigenvalue weighted by atomic mass is 10.2. The van der Waals surface area contributed by atoms with E-state index < -0.39 is 10.0 Å². The van der Waals surface area contributed by atoms with E-state index in [9.17, 15) is 8.42 Å². The third-order valence-electron chi connectivity index (χ3n) is 3.88. The molecule has 1 unspecified atom stereocenters. The Morgan fingerprint density at radius 1 is 1.42 bits per heavy atom. The number of sulfonamides is 1. The molecule has 1 N–H and O–H groups in total. The number of hydrogen-bond acceptors (Lipinski definition) is 4. The lowest BCUT2D eigenvalue weighted by Crippen LogP contribution is -2.37. The van der Waals surface area contributed by atoms with E-state index in [1.165, 1.54) is 4.31 Å². The summed E-state index contributed by atoms with van der Waals surface area (Å²) in [5.74, 6) is 0. The third kappa shape index (κ3) is 2.24. The van der Waals surface area contributed by atoms with Gasteiger partial charge in [-0.05, 0) is 36.6 Å². The lowest BCUT2D eigenvalue weighted by molar-refractivity contribution is 0.181. The molecule has 5 nitrogen and oxygen atoms in total. The molecule has 3 rings (SSSR count). The molecule has 0 saturated carbocycles. The largest absolute Gasteiger partial charge is 0.384 e. The Balaban J connectivity index is 1.91. The highest BCUT2D eigenvalue weighted by Crippen LogP contribution is 2.27. The second-order valence-corrected chi connectivity index (χ2v) is 7.03. The number of anilines is 1. The van der Waals surface area contributed by atoms with E-state index >= 15 is 0 Å². The van der Waals surface area contributed by atoms with E-state index in [4.69, 9.17) is 4.74 Å². The first-order valence-electron chi connectivity index (χ1n) is 6.51. The number of nitrogens with zero attached hydrogens (tertiary/aromatic N) is 1. The van der Waals surface area contributed by atoms with Crippen LogP contribution in [-0.2, 0) is 21.2 Å². The van der Waals surface area contributed by atoms with Gasteiger partial charge in [-0.1, -0.05) is 0 Å². The summed E-state index contributed by atoms with van der Waals surface area (Å²) in [6.45, 7) is 2.01. The molecule has 1 fully saturated rings. The van der Waals surface area contributed by atoms with Crippen molar-refractivity contribution in [3.05, 3.63) is 23.8 Å². The van der Waals surface area contributed by atoms with Crippen LogP contribution in [0.1, 0.15) is 12.0 Å². The fourth-order valence-corrected chi connectivity index (χ4v) is 4.04. The minimum Gasteiger partial charge on any atom is -0.384 e. The average molecular weight is 282 g/mol. The maximum Gasteiger partial charge on any atom is 0.243 e. The Kier molecular flexibility index (Phi) is 3.24. The van der Waals surface area contributed by atoms with E-state index in [-0.39, 0.29) is 6.04 Å². The van der Waals surface area contributed by atoms with Crippen LogP contribution < -0.4 is 5.32 Å². The topological polar surface area (TPSA) is 58.6 Å². The van der Waals surface area contributed by atoms with Gasteiger partial charge in [0, 0.05) is 25.9 Å². The van der Waals surface area contributed by atoms with Crippen molar-refractivity contribution in [2.45, 2.75) is 23.8 Å². The minimum atomic E-state index is -3.42. The fraction of sp³-hybridized carbons (Fsp3) is 0.538. The molecule has 2 aliphatic rings. The molecule has 2 aliphatic heterocycles. The molecule has 1 aromatic carbocycles. The zero-order chi connectivity index (χ0) is 13.5. The molecule has 0 aliphatic carbocycles. The summed E-state index contributed by atoms with van der Waals surface area (Å²) in [4.78, 5) is 0.379. The van der Waals surface area contributed by atoms with Crippen LogP contribution in [0.3, 0.4) is 0 Å². The van der Waals surface area contributed by atoms with Gasteiger partial charge in [0.2, 0.25) is 10.0 Å².